The number of rotatable bonds is 3. The molecule has 2 aromatic rings. The van der Waals surface area contributed by atoms with Gasteiger partial charge < -0.3 is 14.9 Å². The van der Waals surface area contributed by atoms with Gasteiger partial charge in [0, 0.05) is 6.54 Å². The monoisotopic (exact) mass is 273 g/mol. The van der Waals surface area contributed by atoms with Crippen molar-refractivity contribution in [3.05, 3.63) is 47.6 Å². The van der Waals surface area contributed by atoms with Crippen molar-refractivity contribution in [2.45, 2.75) is 37.8 Å². The molecule has 5 nitrogen and oxygen atoms in total. The summed E-state index contributed by atoms with van der Waals surface area (Å²) >= 11 is 0. The number of nitrogens with one attached hydrogen (secondary N) is 1. The van der Waals surface area contributed by atoms with Gasteiger partial charge in [-0.1, -0.05) is 35.5 Å². The van der Waals surface area contributed by atoms with Gasteiger partial charge in [0.1, 0.15) is 0 Å². The predicted octanol–water partition coefficient (Wildman–Crippen LogP) is 1.79. The average Bonchev–Trinajstić information content (AvgIpc) is 3.08. The summed E-state index contributed by atoms with van der Waals surface area (Å²) < 4.78 is 5.37. The van der Waals surface area contributed by atoms with E-state index in [0.29, 0.717) is 24.7 Å². The first-order chi connectivity index (χ1) is 9.57. The van der Waals surface area contributed by atoms with Gasteiger partial charge in [0.25, 0.3) is 0 Å². The zero-order valence-electron chi connectivity index (χ0n) is 11.7. The lowest BCUT2D eigenvalue weighted by Crippen LogP contribution is -2.21. The van der Waals surface area contributed by atoms with Gasteiger partial charge in [-0.25, -0.2) is 0 Å². The van der Waals surface area contributed by atoms with Crippen LogP contribution in [0.5, 0.6) is 0 Å². The quantitative estimate of drug-likeness (QED) is 0.892. The van der Waals surface area contributed by atoms with Gasteiger partial charge in [0.15, 0.2) is 5.82 Å². The van der Waals surface area contributed by atoms with Crippen molar-refractivity contribution in [1.82, 2.24) is 15.5 Å². The van der Waals surface area contributed by atoms with E-state index in [2.05, 4.69) is 41.4 Å². The Morgan fingerprint density at radius 3 is 2.70 bits per heavy atom. The minimum Gasteiger partial charge on any atom is -0.392 e. The second-order valence-electron chi connectivity index (χ2n) is 5.80. The van der Waals surface area contributed by atoms with Crippen LogP contribution in [0.25, 0.3) is 0 Å². The van der Waals surface area contributed by atoms with Crippen LogP contribution in [0.15, 0.2) is 34.9 Å². The highest BCUT2D eigenvalue weighted by Crippen LogP contribution is 2.31. The summed E-state index contributed by atoms with van der Waals surface area (Å²) in [6.07, 6.45) is 0.283. The van der Waals surface area contributed by atoms with E-state index in [9.17, 15) is 5.11 Å². The summed E-state index contributed by atoms with van der Waals surface area (Å²) in [7, 11) is 0. The van der Waals surface area contributed by atoms with Gasteiger partial charge in [0.2, 0.25) is 5.89 Å². The van der Waals surface area contributed by atoms with Crippen molar-refractivity contribution >= 4 is 0 Å². The van der Waals surface area contributed by atoms with Crippen LogP contribution in [-0.2, 0) is 5.41 Å². The molecule has 0 saturated carbocycles. The average molecular weight is 273 g/mol. The second kappa shape index (κ2) is 5.00. The van der Waals surface area contributed by atoms with E-state index in [1.54, 1.807) is 0 Å². The molecule has 3 rings (SSSR count). The van der Waals surface area contributed by atoms with Crippen LogP contribution >= 0.6 is 0 Å². The third kappa shape index (κ3) is 2.34. The summed E-state index contributed by atoms with van der Waals surface area (Å²) in [6, 6.07) is 10.1. The zero-order chi connectivity index (χ0) is 14.2. The molecule has 0 radical (unpaired) electrons. The minimum absolute atomic E-state index is 0.0437. The number of aliphatic hydroxyl groups excluding tert-OH is 1. The second-order valence-corrected chi connectivity index (χ2v) is 5.80. The third-order valence-corrected chi connectivity index (χ3v) is 3.90. The number of β-amino-alcohol motifs (C(OH)–C–C–N with tert-alkyl or cyclic N) is 1. The Hall–Kier alpha value is -1.72. The molecule has 0 amide bonds. The smallest absolute Gasteiger partial charge is 0.243 e. The Labute approximate surface area is 118 Å². The van der Waals surface area contributed by atoms with E-state index in [1.165, 1.54) is 0 Å². The Morgan fingerprint density at radius 1 is 1.30 bits per heavy atom. The summed E-state index contributed by atoms with van der Waals surface area (Å²) in [5.41, 5.74) is 0.840. The van der Waals surface area contributed by atoms with Crippen LogP contribution in [-0.4, -0.2) is 27.9 Å². The fourth-order valence-electron chi connectivity index (χ4n) is 2.52. The van der Waals surface area contributed by atoms with Gasteiger partial charge >= 0.3 is 0 Å². The van der Waals surface area contributed by atoms with Crippen LogP contribution in [0.3, 0.4) is 0 Å². The lowest BCUT2D eigenvalue weighted by Gasteiger charge is -2.20. The van der Waals surface area contributed by atoms with E-state index in [-0.39, 0.29) is 17.6 Å². The van der Waals surface area contributed by atoms with Gasteiger partial charge in [-0.2, -0.15) is 4.98 Å². The van der Waals surface area contributed by atoms with Crippen LogP contribution in [0.1, 0.15) is 43.6 Å². The summed E-state index contributed by atoms with van der Waals surface area (Å²) in [5, 5.41) is 16.9. The Kier molecular flexibility index (Phi) is 3.31. The van der Waals surface area contributed by atoms with Gasteiger partial charge in [0.05, 0.1) is 17.6 Å². The highest BCUT2D eigenvalue weighted by Gasteiger charge is 2.32. The van der Waals surface area contributed by atoms with Crippen LogP contribution in [0.2, 0.25) is 0 Å². The van der Waals surface area contributed by atoms with Crippen LogP contribution in [0, 0.1) is 0 Å². The Bertz CT molecular complexity index is 580. The summed E-state index contributed by atoms with van der Waals surface area (Å²) in [4.78, 5) is 4.52. The van der Waals surface area contributed by atoms with E-state index in [4.69, 9.17) is 4.52 Å². The predicted molar refractivity (Wildman–Crippen MR) is 74.2 cm³/mol. The van der Waals surface area contributed by atoms with Crippen LogP contribution in [0.4, 0.5) is 0 Å². The summed E-state index contributed by atoms with van der Waals surface area (Å²) in [5.74, 6) is 1.22. The van der Waals surface area contributed by atoms with E-state index >= 15 is 0 Å². The number of aliphatic hydroxyl groups is 1. The maximum atomic E-state index is 9.55. The van der Waals surface area contributed by atoms with E-state index in [1.807, 2.05) is 18.2 Å². The van der Waals surface area contributed by atoms with Crippen LogP contribution < -0.4 is 5.32 Å². The molecule has 2 atom stereocenters. The maximum Gasteiger partial charge on any atom is 0.243 e. The highest BCUT2D eigenvalue weighted by molar-refractivity contribution is 5.30. The molecule has 1 aromatic heterocycles. The molecule has 0 unspecified atom stereocenters. The van der Waals surface area contributed by atoms with E-state index in [0.717, 1.165) is 5.56 Å². The number of aromatic nitrogens is 2. The van der Waals surface area contributed by atoms with Gasteiger partial charge in [-0.15, -0.1) is 0 Å². The molecule has 1 aliphatic heterocycles. The van der Waals surface area contributed by atoms with E-state index < -0.39 is 0 Å². The SMILES string of the molecule is CC(C)(c1ccccc1)c1noc([C@@H]2C[C@@H](O)CN2)n1. The first kappa shape index (κ1) is 13.3. The number of nitrogens with zero attached hydrogens (tertiary/aromatic N) is 2. The molecule has 1 saturated heterocycles. The van der Waals surface area contributed by atoms with Crippen molar-refractivity contribution < 1.29 is 9.63 Å². The maximum absolute atomic E-state index is 9.55. The standard InChI is InChI=1S/C15H19N3O2/c1-15(2,10-6-4-3-5-7-10)14-17-13(20-18-14)12-8-11(19)9-16-12/h3-7,11-12,16,19H,8-9H2,1-2H3/t11-,12+/m1/s1. The van der Waals surface area contributed by atoms with Gasteiger partial charge in [-0.3, -0.25) is 0 Å². The molecule has 5 heteroatoms. The molecule has 0 bridgehead atoms. The lowest BCUT2D eigenvalue weighted by molar-refractivity contribution is 0.191. The molecule has 2 heterocycles. The normalized spacial score (nSPS) is 23.1. The molecule has 1 fully saturated rings. The fourth-order valence-corrected chi connectivity index (χ4v) is 2.52. The van der Waals surface area contributed by atoms with Crippen molar-refractivity contribution in [1.29, 1.82) is 0 Å². The molecule has 20 heavy (non-hydrogen) atoms. The highest BCUT2D eigenvalue weighted by atomic mass is 16.5. The topological polar surface area (TPSA) is 71.2 Å². The first-order valence-electron chi connectivity index (χ1n) is 6.88. The molecule has 0 aliphatic carbocycles. The zero-order valence-corrected chi connectivity index (χ0v) is 11.7. The molecule has 1 aliphatic rings. The van der Waals surface area contributed by atoms with Crippen molar-refractivity contribution in [2.24, 2.45) is 0 Å². The molecular weight excluding hydrogens is 254 g/mol. The Balaban J connectivity index is 1.86. The number of hydrogen-bond donors (Lipinski definition) is 2. The van der Waals surface area contributed by atoms with Crippen molar-refractivity contribution in [2.75, 3.05) is 6.54 Å². The Morgan fingerprint density at radius 2 is 2.05 bits per heavy atom. The minimum atomic E-state index is -0.336. The van der Waals surface area contributed by atoms with Gasteiger partial charge in [-0.05, 0) is 25.8 Å². The molecule has 106 valence electrons. The number of hydrogen-bond acceptors (Lipinski definition) is 5. The lowest BCUT2D eigenvalue weighted by atomic mass is 9.84. The summed E-state index contributed by atoms with van der Waals surface area (Å²) in [6.45, 7) is 4.73. The molecular formula is C15H19N3O2. The first-order valence-corrected chi connectivity index (χ1v) is 6.88. The van der Waals surface area contributed by atoms with Crippen molar-refractivity contribution in [3.8, 4) is 0 Å². The number of benzene rings is 1. The molecule has 1 aromatic carbocycles. The molecule has 0 spiro atoms. The fraction of sp³-hybridized carbons (Fsp3) is 0.467. The largest absolute Gasteiger partial charge is 0.392 e. The van der Waals surface area contributed by atoms with Crippen molar-refractivity contribution in [3.63, 3.8) is 0 Å². The third-order valence-electron chi connectivity index (χ3n) is 3.90. The molecule has 2 N–H and O–H groups in total.